The lowest BCUT2D eigenvalue weighted by atomic mass is 9.66. The van der Waals surface area contributed by atoms with Gasteiger partial charge in [0.1, 0.15) is 5.92 Å². The van der Waals surface area contributed by atoms with E-state index in [0.717, 1.165) is 27.0 Å². The summed E-state index contributed by atoms with van der Waals surface area (Å²) in [5, 5.41) is 0. The Morgan fingerprint density at radius 2 is 2.04 bits per heavy atom. The summed E-state index contributed by atoms with van der Waals surface area (Å²) in [6, 6.07) is 8.07. The Morgan fingerprint density at radius 3 is 2.67 bits per heavy atom. The molecule has 1 aliphatic carbocycles. The van der Waals surface area contributed by atoms with Crippen LogP contribution in [0.2, 0.25) is 0 Å². The molecule has 0 N–H and O–H groups in total. The maximum absolute atomic E-state index is 13.2. The molecule has 1 aromatic rings. The molecular formula is C22H26INO3. The van der Waals surface area contributed by atoms with Crippen LogP contribution in [0.5, 0.6) is 0 Å². The molecule has 0 saturated carbocycles. The third-order valence-corrected chi connectivity index (χ3v) is 5.96. The minimum absolute atomic E-state index is 0.106. The number of ketones is 1. The zero-order valence-corrected chi connectivity index (χ0v) is 18.5. The molecule has 1 heterocycles. The Morgan fingerprint density at radius 1 is 1.30 bits per heavy atom. The largest absolute Gasteiger partial charge is 0.465 e. The molecule has 4 nitrogen and oxygen atoms in total. The van der Waals surface area contributed by atoms with Crippen LogP contribution in [0.25, 0.3) is 0 Å². The minimum atomic E-state index is -0.530. The van der Waals surface area contributed by atoms with Gasteiger partial charge in [-0.15, -0.1) is 0 Å². The van der Waals surface area contributed by atoms with Crippen molar-refractivity contribution in [3.8, 4) is 0 Å². The summed E-state index contributed by atoms with van der Waals surface area (Å²) in [7, 11) is 0. The number of Topliss-reactive ketones (excluding diaryl/α,β-unsaturated/α-hetero) is 1. The van der Waals surface area contributed by atoms with Crippen LogP contribution < -0.4 is 0 Å². The molecule has 2 atom stereocenters. The number of benzene rings is 1. The minimum Gasteiger partial charge on any atom is -0.465 e. The molecule has 27 heavy (non-hydrogen) atoms. The molecule has 0 radical (unpaired) electrons. The number of esters is 1. The Kier molecular flexibility index (Phi) is 5.89. The molecule has 0 aromatic heterocycles. The summed E-state index contributed by atoms with van der Waals surface area (Å²) in [6.07, 6.45) is 1.90. The molecule has 0 bridgehead atoms. The molecule has 2 aliphatic rings. The molecule has 1 aliphatic heterocycles. The van der Waals surface area contributed by atoms with E-state index in [9.17, 15) is 9.59 Å². The number of nitrogens with zero attached hydrogens (tertiary/aromatic N) is 1. The van der Waals surface area contributed by atoms with Crippen LogP contribution in [0.1, 0.15) is 58.4 Å². The number of rotatable bonds is 4. The van der Waals surface area contributed by atoms with Crippen molar-refractivity contribution in [3.63, 3.8) is 0 Å². The molecular weight excluding hydrogens is 453 g/mol. The van der Waals surface area contributed by atoms with Crippen molar-refractivity contribution in [1.29, 1.82) is 0 Å². The smallest absolute Gasteiger partial charge is 0.315 e. The van der Waals surface area contributed by atoms with Crippen molar-refractivity contribution in [2.24, 2.45) is 16.3 Å². The highest BCUT2D eigenvalue weighted by Crippen LogP contribution is 2.48. The van der Waals surface area contributed by atoms with Gasteiger partial charge < -0.3 is 4.74 Å². The summed E-state index contributed by atoms with van der Waals surface area (Å²) in [4.78, 5) is 30.9. The Balaban J connectivity index is 2.21. The van der Waals surface area contributed by atoms with E-state index in [-0.39, 0.29) is 23.1 Å². The van der Waals surface area contributed by atoms with Crippen LogP contribution >= 0.6 is 22.6 Å². The van der Waals surface area contributed by atoms with Crippen LogP contribution in [0, 0.1) is 14.9 Å². The van der Waals surface area contributed by atoms with Gasteiger partial charge in [0.15, 0.2) is 5.78 Å². The van der Waals surface area contributed by atoms with Gasteiger partial charge >= 0.3 is 5.97 Å². The quantitative estimate of drug-likeness (QED) is 0.448. The lowest BCUT2D eigenvalue weighted by molar-refractivity contribution is -0.146. The van der Waals surface area contributed by atoms with Crippen LogP contribution in [0.15, 0.2) is 40.5 Å². The molecule has 144 valence electrons. The highest BCUT2D eigenvalue weighted by molar-refractivity contribution is 14.1. The van der Waals surface area contributed by atoms with E-state index in [1.807, 2.05) is 32.0 Å². The second kappa shape index (κ2) is 7.86. The van der Waals surface area contributed by atoms with Gasteiger partial charge in [-0.05, 0) is 65.5 Å². The van der Waals surface area contributed by atoms with Gasteiger partial charge in [-0.3, -0.25) is 14.6 Å². The zero-order chi connectivity index (χ0) is 19.8. The average molecular weight is 479 g/mol. The van der Waals surface area contributed by atoms with Crippen LogP contribution in [0.3, 0.4) is 0 Å². The van der Waals surface area contributed by atoms with Gasteiger partial charge in [0, 0.05) is 32.9 Å². The number of hydrogen-bond donors (Lipinski definition) is 0. The van der Waals surface area contributed by atoms with Crippen LogP contribution in [0.4, 0.5) is 0 Å². The molecule has 5 heteroatoms. The lowest BCUT2D eigenvalue weighted by Crippen LogP contribution is -2.40. The van der Waals surface area contributed by atoms with Crippen molar-refractivity contribution in [2.75, 3.05) is 6.61 Å². The number of carbonyl (C=O) groups excluding carboxylic acids is 2. The Hall–Kier alpha value is -1.50. The average Bonchev–Trinajstić information content (AvgIpc) is 2.59. The first-order valence-corrected chi connectivity index (χ1v) is 10.6. The first-order valence-electron chi connectivity index (χ1n) is 9.53. The van der Waals surface area contributed by atoms with E-state index in [1.165, 1.54) is 0 Å². The fraction of sp³-hybridized carbons (Fsp3) is 0.500. The van der Waals surface area contributed by atoms with E-state index < -0.39 is 5.92 Å². The van der Waals surface area contributed by atoms with Crippen molar-refractivity contribution in [1.82, 2.24) is 0 Å². The van der Waals surface area contributed by atoms with Crippen molar-refractivity contribution in [3.05, 3.63) is 44.7 Å². The summed E-state index contributed by atoms with van der Waals surface area (Å²) in [6.45, 7) is 8.35. The normalized spacial score (nSPS) is 24.3. The standard InChI is InChI=1S/C22H26INO3/c1-5-15-20(21(26)27-6-2)18(13-8-7-9-14(23)10-13)19-16(24-15)11-22(3,4)12-17(19)25/h7-10,18,20H,5-6,11-12H2,1-4H3/t18-,20?/m1/s1. The fourth-order valence-electron chi connectivity index (χ4n) is 4.22. The van der Waals surface area contributed by atoms with Gasteiger partial charge in [-0.2, -0.15) is 0 Å². The Labute approximate surface area is 174 Å². The van der Waals surface area contributed by atoms with Gasteiger partial charge in [0.2, 0.25) is 0 Å². The maximum Gasteiger partial charge on any atom is 0.315 e. The van der Waals surface area contributed by atoms with Gasteiger partial charge in [-0.25, -0.2) is 0 Å². The summed E-state index contributed by atoms with van der Waals surface area (Å²) < 4.78 is 6.48. The molecule has 0 amide bonds. The van der Waals surface area contributed by atoms with Gasteiger partial charge in [0.25, 0.3) is 0 Å². The number of ether oxygens (including phenoxy) is 1. The molecule has 1 aromatic carbocycles. The third-order valence-electron chi connectivity index (χ3n) is 5.29. The van der Waals surface area contributed by atoms with E-state index in [1.54, 1.807) is 0 Å². The van der Waals surface area contributed by atoms with Crippen LogP contribution in [-0.4, -0.2) is 24.1 Å². The first-order chi connectivity index (χ1) is 12.8. The fourth-order valence-corrected chi connectivity index (χ4v) is 4.79. The first kappa shape index (κ1) is 20.2. The van der Waals surface area contributed by atoms with E-state index in [4.69, 9.17) is 9.73 Å². The van der Waals surface area contributed by atoms with E-state index >= 15 is 0 Å². The zero-order valence-electron chi connectivity index (χ0n) is 16.3. The second-order valence-corrected chi connectivity index (χ2v) is 9.27. The lowest BCUT2D eigenvalue weighted by Gasteiger charge is -2.39. The second-order valence-electron chi connectivity index (χ2n) is 8.02. The number of hydrogen-bond acceptors (Lipinski definition) is 4. The van der Waals surface area contributed by atoms with Gasteiger partial charge in [0.05, 0.1) is 6.61 Å². The number of allylic oxidation sites excluding steroid dienone is 2. The predicted molar refractivity (Wildman–Crippen MR) is 115 cm³/mol. The van der Waals surface area contributed by atoms with Crippen molar-refractivity contribution < 1.29 is 14.3 Å². The molecule has 3 rings (SSSR count). The highest BCUT2D eigenvalue weighted by Gasteiger charge is 2.46. The molecule has 0 saturated heterocycles. The third kappa shape index (κ3) is 4.03. The topological polar surface area (TPSA) is 55.7 Å². The predicted octanol–water partition coefficient (Wildman–Crippen LogP) is 5.06. The molecule has 0 spiro atoms. The monoisotopic (exact) mass is 479 g/mol. The number of carbonyl (C=O) groups is 2. The molecule has 0 fully saturated rings. The number of aliphatic imine (C=N–C) groups is 1. The summed E-state index contributed by atoms with van der Waals surface area (Å²) in [5.41, 5.74) is 3.28. The van der Waals surface area contributed by atoms with E-state index in [0.29, 0.717) is 25.0 Å². The highest BCUT2D eigenvalue weighted by atomic mass is 127. The maximum atomic E-state index is 13.2. The molecule has 1 unspecified atom stereocenters. The number of halogens is 1. The van der Waals surface area contributed by atoms with E-state index in [2.05, 4.69) is 42.5 Å². The van der Waals surface area contributed by atoms with Crippen molar-refractivity contribution in [2.45, 2.75) is 52.9 Å². The Bertz CT molecular complexity index is 838. The van der Waals surface area contributed by atoms with Gasteiger partial charge in [-0.1, -0.05) is 32.9 Å². The van der Waals surface area contributed by atoms with Crippen LogP contribution in [-0.2, 0) is 14.3 Å². The summed E-state index contributed by atoms with van der Waals surface area (Å²) >= 11 is 2.27. The summed E-state index contributed by atoms with van der Waals surface area (Å²) in [5.74, 6) is -1.02. The van der Waals surface area contributed by atoms with Crippen molar-refractivity contribution >= 4 is 40.1 Å². The SMILES string of the molecule is CCOC(=O)C1C(CC)=NC2=C(C(=O)CC(C)(C)C2)[C@H]1c1cccc(I)c1.